The Morgan fingerprint density at radius 2 is 1.71 bits per heavy atom. The van der Waals surface area contributed by atoms with Gasteiger partial charge in [0.05, 0.1) is 13.5 Å². The van der Waals surface area contributed by atoms with Crippen molar-refractivity contribution in [3.63, 3.8) is 0 Å². The predicted octanol–water partition coefficient (Wildman–Crippen LogP) is 3.77. The molecule has 0 radical (unpaired) electrons. The van der Waals surface area contributed by atoms with E-state index >= 15 is 0 Å². The molecule has 0 unspecified atom stereocenters. The molecule has 0 fully saturated rings. The SMILES string of the molecule is COC(=O)CCN(Cc1ccc(F)c(F)c1)C(=O)CCc1cccc(F)c1F. The first-order valence-electron chi connectivity index (χ1n) is 8.53. The first-order chi connectivity index (χ1) is 13.3. The summed E-state index contributed by atoms with van der Waals surface area (Å²) in [6.07, 6.45) is -0.291. The summed E-state index contributed by atoms with van der Waals surface area (Å²) in [6.45, 7) is -0.0885. The summed E-state index contributed by atoms with van der Waals surface area (Å²) in [5.74, 6) is -5.08. The molecular formula is C20H19F4NO3. The van der Waals surface area contributed by atoms with Crippen molar-refractivity contribution in [1.82, 2.24) is 4.90 Å². The molecule has 1 amide bonds. The number of esters is 1. The minimum atomic E-state index is -1.06. The molecule has 2 aromatic rings. The zero-order chi connectivity index (χ0) is 20.7. The highest BCUT2D eigenvalue weighted by molar-refractivity contribution is 5.77. The average Bonchev–Trinajstić information content (AvgIpc) is 2.68. The Balaban J connectivity index is 2.10. The van der Waals surface area contributed by atoms with Gasteiger partial charge in [-0.25, -0.2) is 17.6 Å². The van der Waals surface area contributed by atoms with Gasteiger partial charge in [0.1, 0.15) is 0 Å². The Hall–Kier alpha value is -2.90. The lowest BCUT2D eigenvalue weighted by molar-refractivity contribution is -0.142. The number of amides is 1. The van der Waals surface area contributed by atoms with Crippen LogP contribution >= 0.6 is 0 Å². The zero-order valence-electron chi connectivity index (χ0n) is 15.2. The molecule has 150 valence electrons. The minimum Gasteiger partial charge on any atom is -0.469 e. The van der Waals surface area contributed by atoms with Gasteiger partial charge in [0.25, 0.3) is 0 Å². The second kappa shape index (κ2) is 9.87. The summed E-state index contributed by atoms with van der Waals surface area (Å²) in [6, 6.07) is 6.92. The molecule has 4 nitrogen and oxygen atoms in total. The Morgan fingerprint density at radius 1 is 0.964 bits per heavy atom. The van der Waals surface area contributed by atoms with Crippen LogP contribution in [0.4, 0.5) is 17.6 Å². The molecule has 0 N–H and O–H groups in total. The molecule has 0 aliphatic heterocycles. The monoisotopic (exact) mass is 397 g/mol. The van der Waals surface area contributed by atoms with E-state index in [1.807, 2.05) is 0 Å². The van der Waals surface area contributed by atoms with E-state index in [-0.39, 0.29) is 37.9 Å². The van der Waals surface area contributed by atoms with E-state index in [2.05, 4.69) is 4.74 Å². The van der Waals surface area contributed by atoms with Crippen LogP contribution in [-0.4, -0.2) is 30.4 Å². The molecule has 0 saturated carbocycles. The fourth-order valence-corrected chi connectivity index (χ4v) is 2.62. The summed E-state index contributed by atoms with van der Waals surface area (Å²) in [5, 5.41) is 0. The predicted molar refractivity (Wildman–Crippen MR) is 93.1 cm³/mol. The topological polar surface area (TPSA) is 46.6 Å². The van der Waals surface area contributed by atoms with Crippen LogP contribution < -0.4 is 0 Å². The third-order valence-corrected chi connectivity index (χ3v) is 4.16. The number of hydrogen-bond acceptors (Lipinski definition) is 3. The Bertz CT molecular complexity index is 857. The van der Waals surface area contributed by atoms with Crippen molar-refractivity contribution in [2.45, 2.75) is 25.8 Å². The third kappa shape index (κ3) is 5.80. The van der Waals surface area contributed by atoms with Crippen molar-refractivity contribution in [1.29, 1.82) is 0 Å². The molecule has 0 saturated heterocycles. The standard InChI is InChI=1S/C20H19F4NO3/c1-28-19(27)9-10-25(12-13-5-7-15(21)17(23)11-13)18(26)8-6-14-3-2-4-16(22)20(14)24/h2-5,7,11H,6,8-10,12H2,1H3. The summed E-state index contributed by atoms with van der Waals surface area (Å²) < 4.78 is 58.1. The van der Waals surface area contributed by atoms with Crippen molar-refractivity contribution < 1.29 is 31.9 Å². The smallest absolute Gasteiger partial charge is 0.307 e. The van der Waals surface area contributed by atoms with E-state index in [1.165, 1.54) is 30.2 Å². The van der Waals surface area contributed by atoms with Crippen LogP contribution in [-0.2, 0) is 27.3 Å². The number of nitrogens with zero attached hydrogens (tertiary/aromatic N) is 1. The van der Waals surface area contributed by atoms with Gasteiger partial charge in [-0.05, 0) is 35.7 Å². The number of methoxy groups -OCH3 is 1. The maximum atomic E-state index is 13.7. The molecule has 0 atom stereocenters. The number of carbonyl (C=O) groups is 2. The molecule has 8 heteroatoms. The summed E-state index contributed by atoms with van der Waals surface area (Å²) in [7, 11) is 1.20. The van der Waals surface area contributed by atoms with E-state index in [1.54, 1.807) is 0 Å². The zero-order valence-corrected chi connectivity index (χ0v) is 15.2. The lowest BCUT2D eigenvalue weighted by Gasteiger charge is -2.23. The Morgan fingerprint density at radius 3 is 2.39 bits per heavy atom. The highest BCUT2D eigenvalue weighted by atomic mass is 19.2. The largest absolute Gasteiger partial charge is 0.469 e. The molecule has 28 heavy (non-hydrogen) atoms. The van der Waals surface area contributed by atoms with Crippen LogP contribution in [0.5, 0.6) is 0 Å². The number of benzene rings is 2. The number of halogens is 4. The van der Waals surface area contributed by atoms with Crippen molar-refractivity contribution in [3.05, 3.63) is 70.8 Å². The second-order valence-electron chi connectivity index (χ2n) is 6.10. The van der Waals surface area contributed by atoms with E-state index in [9.17, 15) is 27.2 Å². The normalized spacial score (nSPS) is 10.6. The molecule has 2 aromatic carbocycles. The molecule has 0 spiro atoms. The van der Waals surface area contributed by atoms with Gasteiger partial charge in [0.15, 0.2) is 23.3 Å². The van der Waals surface area contributed by atoms with Gasteiger partial charge in [-0.1, -0.05) is 18.2 Å². The van der Waals surface area contributed by atoms with Crippen molar-refractivity contribution in [2.24, 2.45) is 0 Å². The van der Waals surface area contributed by atoms with Gasteiger partial charge in [-0.2, -0.15) is 0 Å². The molecular weight excluding hydrogens is 378 g/mol. The van der Waals surface area contributed by atoms with Crippen molar-refractivity contribution >= 4 is 11.9 Å². The summed E-state index contributed by atoms with van der Waals surface area (Å²) in [4.78, 5) is 25.2. The van der Waals surface area contributed by atoms with Gasteiger partial charge in [0, 0.05) is 19.5 Å². The lowest BCUT2D eigenvalue weighted by Crippen LogP contribution is -2.33. The van der Waals surface area contributed by atoms with Gasteiger partial charge >= 0.3 is 5.97 Å². The summed E-state index contributed by atoms with van der Waals surface area (Å²) in [5.41, 5.74) is 0.378. The Labute approximate surface area is 159 Å². The van der Waals surface area contributed by atoms with Crippen molar-refractivity contribution in [2.75, 3.05) is 13.7 Å². The number of rotatable bonds is 8. The number of ether oxygens (including phenoxy) is 1. The van der Waals surface area contributed by atoms with E-state index in [4.69, 9.17) is 0 Å². The summed E-state index contributed by atoms with van der Waals surface area (Å²) >= 11 is 0. The van der Waals surface area contributed by atoms with Crippen molar-refractivity contribution in [3.8, 4) is 0 Å². The highest BCUT2D eigenvalue weighted by Gasteiger charge is 2.18. The van der Waals surface area contributed by atoms with E-state index < -0.39 is 35.1 Å². The minimum absolute atomic E-state index is 0.0177. The first-order valence-corrected chi connectivity index (χ1v) is 8.53. The van der Waals surface area contributed by atoms with Gasteiger partial charge in [0.2, 0.25) is 5.91 Å². The van der Waals surface area contributed by atoms with E-state index in [0.717, 1.165) is 18.2 Å². The maximum absolute atomic E-state index is 13.7. The lowest BCUT2D eigenvalue weighted by atomic mass is 10.1. The van der Waals surface area contributed by atoms with Gasteiger partial charge < -0.3 is 9.64 Å². The highest BCUT2D eigenvalue weighted by Crippen LogP contribution is 2.16. The number of aryl methyl sites for hydroxylation is 1. The fraction of sp³-hybridized carbons (Fsp3) is 0.300. The van der Waals surface area contributed by atoms with Crippen LogP contribution in [0.15, 0.2) is 36.4 Å². The quantitative estimate of drug-likeness (QED) is 0.503. The van der Waals surface area contributed by atoms with Crippen LogP contribution in [0.1, 0.15) is 24.0 Å². The average molecular weight is 397 g/mol. The first kappa shape index (κ1) is 21.4. The van der Waals surface area contributed by atoms with Gasteiger partial charge in [-0.3, -0.25) is 9.59 Å². The number of carbonyl (C=O) groups excluding carboxylic acids is 2. The molecule has 2 rings (SSSR count). The van der Waals surface area contributed by atoms with Crippen LogP contribution in [0, 0.1) is 23.3 Å². The number of hydrogen-bond donors (Lipinski definition) is 0. The maximum Gasteiger partial charge on any atom is 0.307 e. The second-order valence-corrected chi connectivity index (χ2v) is 6.10. The van der Waals surface area contributed by atoms with Crippen LogP contribution in [0.25, 0.3) is 0 Å². The van der Waals surface area contributed by atoms with Crippen LogP contribution in [0.2, 0.25) is 0 Å². The Kier molecular flexibility index (Phi) is 7.54. The third-order valence-electron chi connectivity index (χ3n) is 4.16. The molecule has 0 bridgehead atoms. The molecule has 0 aliphatic carbocycles. The molecule has 0 aromatic heterocycles. The van der Waals surface area contributed by atoms with Gasteiger partial charge in [-0.15, -0.1) is 0 Å². The molecule has 0 heterocycles. The fourth-order valence-electron chi connectivity index (χ4n) is 2.62. The molecule has 0 aliphatic rings. The van der Waals surface area contributed by atoms with Crippen LogP contribution in [0.3, 0.4) is 0 Å². The van der Waals surface area contributed by atoms with E-state index in [0.29, 0.717) is 5.56 Å².